The second kappa shape index (κ2) is 5.97. The molecule has 1 atom stereocenters. The third-order valence-electron chi connectivity index (χ3n) is 2.48. The van der Waals surface area contributed by atoms with Gasteiger partial charge in [0.25, 0.3) is 0 Å². The molecule has 96 valence electrons. The normalized spacial score (nSPS) is 12.5. The van der Waals surface area contributed by atoms with Crippen molar-refractivity contribution in [3.63, 3.8) is 0 Å². The zero-order chi connectivity index (χ0) is 13.0. The van der Waals surface area contributed by atoms with Crippen molar-refractivity contribution in [1.29, 1.82) is 0 Å². The molecule has 0 aliphatic carbocycles. The van der Waals surface area contributed by atoms with Crippen LogP contribution in [0, 0.1) is 13.8 Å². The first kappa shape index (κ1) is 13.9. The highest BCUT2D eigenvalue weighted by molar-refractivity contribution is 7.09. The SMILES string of the molecule is CCOC(=O)CC(O)Cn1c(C)c(C)sc1=O. The summed E-state index contributed by atoms with van der Waals surface area (Å²) in [5.74, 6) is -0.447. The van der Waals surface area contributed by atoms with E-state index in [1.54, 1.807) is 6.92 Å². The largest absolute Gasteiger partial charge is 0.466 e. The van der Waals surface area contributed by atoms with Crippen molar-refractivity contribution in [2.24, 2.45) is 0 Å². The van der Waals surface area contributed by atoms with Gasteiger partial charge in [-0.2, -0.15) is 0 Å². The molecule has 6 heteroatoms. The lowest BCUT2D eigenvalue weighted by atomic mass is 10.2. The summed E-state index contributed by atoms with van der Waals surface area (Å²) >= 11 is 1.15. The highest BCUT2D eigenvalue weighted by Gasteiger charge is 2.15. The van der Waals surface area contributed by atoms with E-state index in [0.29, 0.717) is 6.61 Å². The van der Waals surface area contributed by atoms with E-state index in [2.05, 4.69) is 0 Å². The highest BCUT2D eigenvalue weighted by Crippen LogP contribution is 2.10. The molecule has 0 saturated heterocycles. The maximum Gasteiger partial charge on any atom is 0.308 e. The van der Waals surface area contributed by atoms with Gasteiger partial charge in [-0.25, -0.2) is 0 Å². The van der Waals surface area contributed by atoms with Crippen LogP contribution in [0.1, 0.15) is 23.9 Å². The lowest BCUT2D eigenvalue weighted by Crippen LogP contribution is -2.26. The van der Waals surface area contributed by atoms with Gasteiger partial charge in [0.2, 0.25) is 0 Å². The molecule has 0 aromatic carbocycles. The number of carbonyl (C=O) groups excluding carboxylic acids is 1. The first-order valence-corrected chi connectivity index (χ1v) is 6.27. The van der Waals surface area contributed by atoms with Crippen LogP contribution >= 0.6 is 11.3 Å². The summed E-state index contributed by atoms with van der Waals surface area (Å²) in [4.78, 5) is 23.5. The number of esters is 1. The Hall–Kier alpha value is -1.14. The Balaban J connectivity index is 2.65. The summed E-state index contributed by atoms with van der Waals surface area (Å²) < 4.78 is 6.22. The molecule has 5 nitrogen and oxygen atoms in total. The summed E-state index contributed by atoms with van der Waals surface area (Å²) in [6.45, 7) is 5.82. The van der Waals surface area contributed by atoms with Gasteiger partial charge >= 0.3 is 10.8 Å². The van der Waals surface area contributed by atoms with Crippen LogP contribution in [0.25, 0.3) is 0 Å². The second-order valence-corrected chi connectivity index (χ2v) is 4.95. The van der Waals surface area contributed by atoms with Crippen LogP contribution in [-0.2, 0) is 16.1 Å². The summed E-state index contributed by atoms with van der Waals surface area (Å²) in [5, 5.41) is 9.70. The molecule has 1 aromatic rings. The van der Waals surface area contributed by atoms with Crippen molar-refractivity contribution in [2.45, 2.75) is 39.8 Å². The molecule has 1 rings (SSSR count). The van der Waals surface area contributed by atoms with Gasteiger partial charge in [-0.1, -0.05) is 11.3 Å². The molecule has 0 aliphatic heterocycles. The van der Waals surface area contributed by atoms with E-state index in [0.717, 1.165) is 21.9 Å². The Morgan fingerprint density at radius 3 is 2.65 bits per heavy atom. The van der Waals surface area contributed by atoms with Crippen molar-refractivity contribution in [3.05, 3.63) is 20.2 Å². The van der Waals surface area contributed by atoms with Gasteiger partial charge < -0.3 is 14.4 Å². The lowest BCUT2D eigenvalue weighted by Gasteiger charge is -2.11. The van der Waals surface area contributed by atoms with E-state index >= 15 is 0 Å². The fraction of sp³-hybridized carbons (Fsp3) is 0.636. The molecule has 1 N–H and O–H groups in total. The summed E-state index contributed by atoms with van der Waals surface area (Å²) in [6.07, 6.45) is -0.978. The minimum absolute atomic E-state index is 0.0887. The second-order valence-electron chi connectivity index (χ2n) is 3.78. The van der Waals surface area contributed by atoms with E-state index in [4.69, 9.17) is 4.74 Å². The molecule has 1 heterocycles. The molecule has 17 heavy (non-hydrogen) atoms. The van der Waals surface area contributed by atoms with E-state index in [9.17, 15) is 14.7 Å². The van der Waals surface area contributed by atoms with Crippen LogP contribution in [0.3, 0.4) is 0 Å². The number of aryl methyl sites for hydroxylation is 1. The van der Waals surface area contributed by atoms with Crippen molar-refractivity contribution in [3.8, 4) is 0 Å². The molecule has 0 fully saturated rings. The monoisotopic (exact) mass is 259 g/mol. The van der Waals surface area contributed by atoms with Crippen molar-refractivity contribution in [2.75, 3.05) is 6.61 Å². The predicted octanol–water partition coefficient (Wildman–Crippen LogP) is 0.841. The molecule has 0 aliphatic rings. The minimum Gasteiger partial charge on any atom is -0.466 e. The fourth-order valence-electron chi connectivity index (χ4n) is 1.49. The smallest absolute Gasteiger partial charge is 0.308 e. The maximum absolute atomic E-state index is 11.6. The lowest BCUT2D eigenvalue weighted by molar-refractivity contribution is -0.145. The molecule has 0 spiro atoms. The Bertz CT molecular complexity index is 449. The number of aliphatic hydroxyl groups is 1. The molecule has 1 unspecified atom stereocenters. The van der Waals surface area contributed by atoms with Gasteiger partial charge in [-0.3, -0.25) is 9.59 Å². The van der Waals surface area contributed by atoms with Crippen molar-refractivity contribution in [1.82, 2.24) is 4.57 Å². The standard InChI is InChI=1S/C11H17NO4S/c1-4-16-10(14)5-9(13)6-12-7(2)8(3)17-11(12)15/h9,13H,4-6H2,1-3H3. The van der Waals surface area contributed by atoms with Crippen LogP contribution in [0.4, 0.5) is 0 Å². The summed E-state index contributed by atoms with van der Waals surface area (Å²) in [7, 11) is 0. The first-order chi connectivity index (χ1) is 7.95. The van der Waals surface area contributed by atoms with Gasteiger partial charge in [-0.15, -0.1) is 0 Å². The number of rotatable bonds is 5. The van der Waals surface area contributed by atoms with Gasteiger partial charge in [0.15, 0.2) is 0 Å². The summed E-state index contributed by atoms with van der Waals surface area (Å²) in [5.41, 5.74) is 0.836. The number of aliphatic hydroxyl groups excluding tert-OH is 1. The van der Waals surface area contributed by atoms with Gasteiger partial charge in [-0.05, 0) is 20.8 Å². The Morgan fingerprint density at radius 1 is 1.53 bits per heavy atom. The van der Waals surface area contributed by atoms with Gasteiger partial charge in [0, 0.05) is 10.6 Å². The fourth-order valence-corrected chi connectivity index (χ4v) is 2.33. The van der Waals surface area contributed by atoms with E-state index in [-0.39, 0.29) is 17.8 Å². The van der Waals surface area contributed by atoms with E-state index < -0.39 is 12.1 Å². The number of thiazole rings is 1. The van der Waals surface area contributed by atoms with E-state index in [1.807, 2.05) is 13.8 Å². The van der Waals surface area contributed by atoms with Crippen LogP contribution in [0.5, 0.6) is 0 Å². The van der Waals surface area contributed by atoms with Crippen LogP contribution in [0.15, 0.2) is 4.79 Å². The third-order valence-corrected chi connectivity index (χ3v) is 3.47. The number of carbonyl (C=O) groups is 1. The maximum atomic E-state index is 11.6. The van der Waals surface area contributed by atoms with Crippen LogP contribution < -0.4 is 4.87 Å². The minimum atomic E-state index is -0.889. The number of aromatic nitrogens is 1. The predicted molar refractivity (Wildman–Crippen MR) is 65.3 cm³/mol. The zero-order valence-electron chi connectivity index (χ0n) is 10.2. The average Bonchev–Trinajstić information content (AvgIpc) is 2.45. The molecule has 0 saturated carbocycles. The molecule has 0 amide bonds. The Kier molecular flexibility index (Phi) is 4.89. The Labute approximate surface area is 104 Å². The molecule has 0 bridgehead atoms. The molecule has 0 radical (unpaired) electrons. The molecular weight excluding hydrogens is 242 g/mol. The number of hydrogen-bond acceptors (Lipinski definition) is 5. The third kappa shape index (κ3) is 3.67. The number of hydrogen-bond donors (Lipinski definition) is 1. The number of nitrogens with zero attached hydrogens (tertiary/aromatic N) is 1. The van der Waals surface area contributed by atoms with Gasteiger partial charge in [0.05, 0.1) is 25.7 Å². The first-order valence-electron chi connectivity index (χ1n) is 5.46. The Morgan fingerprint density at radius 2 is 2.18 bits per heavy atom. The van der Waals surface area contributed by atoms with Crippen molar-refractivity contribution < 1.29 is 14.6 Å². The topological polar surface area (TPSA) is 68.5 Å². The van der Waals surface area contributed by atoms with Crippen molar-refractivity contribution >= 4 is 17.3 Å². The zero-order valence-corrected chi connectivity index (χ0v) is 11.0. The average molecular weight is 259 g/mol. The molecular formula is C11H17NO4S. The highest BCUT2D eigenvalue weighted by atomic mass is 32.1. The van der Waals surface area contributed by atoms with E-state index in [1.165, 1.54) is 4.57 Å². The number of ether oxygens (including phenoxy) is 1. The van der Waals surface area contributed by atoms with Crippen LogP contribution in [-0.4, -0.2) is 28.4 Å². The van der Waals surface area contributed by atoms with Gasteiger partial charge in [0.1, 0.15) is 0 Å². The quantitative estimate of drug-likeness (QED) is 0.796. The van der Waals surface area contributed by atoms with Crippen LogP contribution in [0.2, 0.25) is 0 Å². The molecule has 1 aromatic heterocycles. The summed E-state index contributed by atoms with van der Waals surface area (Å²) in [6, 6.07) is 0.